The summed E-state index contributed by atoms with van der Waals surface area (Å²) in [6.45, 7) is 0. The Hall–Kier alpha value is -2.30. The summed E-state index contributed by atoms with van der Waals surface area (Å²) in [5, 5.41) is 0. The first-order valence-corrected chi connectivity index (χ1v) is 6.16. The molecule has 1 N–H and O–H groups in total. The van der Waals surface area contributed by atoms with Crippen LogP contribution in [0.25, 0.3) is 11.3 Å². The number of H-pyrrole nitrogens is 1. The summed E-state index contributed by atoms with van der Waals surface area (Å²) in [5.41, 5.74) is 1.07. The van der Waals surface area contributed by atoms with E-state index >= 15 is 0 Å². The molecule has 1 aliphatic carbocycles. The van der Waals surface area contributed by atoms with Gasteiger partial charge in [0.05, 0.1) is 19.5 Å². The van der Waals surface area contributed by atoms with Crippen molar-refractivity contribution < 1.29 is 9.47 Å². The van der Waals surface area contributed by atoms with Crippen LogP contribution in [0.3, 0.4) is 0 Å². The minimum atomic E-state index is -0.286. The van der Waals surface area contributed by atoms with Gasteiger partial charge in [0.15, 0.2) is 0 Å². The number of ether oxygens (including phenoxy) is 2. The van der Waals surface area contributed by atoms with Crippen molar-refractivity contribution in [1.82, 2.24) is 9.97 Å². The van der Waals surface area contributed by atoms with Gasteiger partial charge in [0.25, 0.3) is 5.56 Å². The predicted octanol–water partition coefficient (Wildman–Crippen LogP) is 1.99. The normalized spacial score (nSPS) is 14.2. The summed E-state index contributed by atoms with van der Waals surface area (Å²) in [7, 11) is 1.46. The number of nitrogens with one attached hydrogen (secondary N) is 1. The van der Waals surface area contributed by atoms with E-state index in [9.17, 15) is 4.79 Å². The molecule has 98 valence electrons. The van der Waals surface area contributed by atoms with Crippen LogP contribution in [0.1, 0.15) is 12.8 Å². The average Bonchev–Trinajstić information content (AvgIpc) is 3.23. The molecule has 1 heterocycles. The molecule has 0 radical (unpaired) electrons. The lowest BCUT2D eigenvalue weighted by Gasteiger charge is -2.08. The van der Waals surface area contributed by atoms with E-state index in [0.29, 0.717) is 11.8 Å². The second kappa shape index (κ2) is 4.76. The first-order valence-electron chi connectivity index (χ1n) is 6.16. The SMILES string of the molecule is COc1c(-c2ccc(OC3CC3)cc2)nc[nH]c1=O. The maximum atomic E-state index is 11.6. The van der Waals surface area contributed by atoms with Crippen molar-refractivity contribution in [1.29, 1.82) is 0 Å². The maximum absolute atomic E-state index is 11.6. The number of benzene rings is 1. The van der Waals surface area contributed by atoms with Crippen molar-refractivity contribution in [2.24, 2.45) is 0 Å². The number of hydrogen-bond acceptors (Lipinski definition) is 4. The highest BCUT2D eigenvalue weighted by molar-refractivity contribution is 5.66. The van der Waals surface area contributed by atoms with Crippen LogP contribution in [0.5, 0.6) is 11.5 Å². The highest BCUT2D eigenvalue weighted by atomic mass is 16.5. The monoisotopic (exact) mass is 258 g/mol. The molecule has 3 rings (SSSR count). The largest absolute Gasteiger partial charge is 0.490 e. The van der Waals surface area contributed by atoms with Crippen molar-refractivity contribution in [2.45, 2.75) is 18.9 Å². The average molecular weight is 258 g/mol. The topological polar surface area (TPSA) is 64.2 Å². The molecule has 19 heavy (non-hydrogen) atoms. The Labute approximate surface area is 110 Å². The van der Waals surface area contributed by atoms with Crippen molar-refractivity contribution in [3.05, 3.63) is 40.9 Å². The number of rotatable bonds is 4. The standard InChI is InChI=1S/C14H14N2O3/c1-18-13-12(15-8-16-14(13)17)9-2-4-10(5-3-9)19-11-6-7-11/h2-5,8,11H,6-7H2,1H3,(H,15,16,17). The van der Waals surface area contributed by atoms with Gasteiger partial charge in [0.1, 0.15) is 11.4 Å². The third-order valence-electron chi connectivity index (χ3n) is 2.97. The van der Waals surface area contributed by atoms with Crippen LogP contribution in [-0.4, -0.2) is 23.2 Å². The Bertz CT molecular complexity index is 630. The second-order valence-corrected chi connectivity index (χ2v) is 4.46. The number of aromatic nitrogens is 2. The number of nitrogens with zero attached hydrogens (tertiary/aromatic N) is 1. The number of aromatic amines is 1. The molecule has 1 aromatic heterocycles. The molecule has 0 atom stereocenters. The molecular weight excluding hydrogens is 244 g/mol. The molecule has 0 aliphatic heterocycles. The fourth-order valence-corrected chi connectivity index (χ4v) is 1.85. The van der Waals surface area contributed by atoms with E-state index in [1.165, 1.54) is 13.4 Å². The Balaban J connectivity index is 1.93. The van der Waals surface area contributed by atoms with Gasteiger partial charge in [-0.15, -0.1) is 0 Å². The molecular formula is C14H14N2O3. The van der Waals surface area contributed by atoms with Crippen LogP contribution in [0.2, 0.25) is 0 Å². The summed E-state index contributed by atoms with van der Waals surface area (Å²) in [4.78, 5) is 18.3. The van der Waals surface area contributed by atoms with Crippen LogP contribution in [0.4, 0.5) is 0 Å². The minimum Gasteiger partial charge on any atom is -0.490 e. The zero-order chi connectivity index (χ0) is 13.2. The predicted molar refractivity (Wildman–Crippen MR) is 70.5 cm³/mol. The Kier molecular flexibility index (Phi) is 2.95. The van der Waals surface area contributed by atoms with Crippen molar-refractivity contribution in [3.8, 4) is 22.8 Å². The van der Waals surface area contributed by atoms with Crippen molar-refractivity contribution in [3.63, 3.8) is 0 Å². The van der Waals surface area contributed by atoms with E-state index in [1.54, 1.807) is 0 Å². The zero-order valence-corrected chi connectivity index (χ0v) is 10.6. The molecule has 1 aliphatic rings. The molecule has 0 spiro atoms. The summed E-state index contributed by atoms with van der Waals surface area (Å²) in [6.07, 6.45) is 4.00. The van der Waals surface area contributed by atoms with Crippen LogP contribution in [-0.2, 0) is 0 Å². The lowest BCUT2D eigenvalue weighted by molar-refractivity contribution is 0.303. The molecule has 5 nitrogen and oxygen atoms in total. The second-order valence-electron chi connectivity index (χ2n) is 4.46. The Morgan fingerprint density at radius 1 is 1.26 bits per heavy atom. The van der Waals surface area contributed by atoms with Gasteiger partial charge in [-0.1, -0.05) is 0 Å². The highest BCUT2D eigenvalue weighted by Gasteiger charge is 2.23. The molecule has 2 aromatic rings. The first-order chi connectivity index (χ1) is 9.28. The maximum Gasteiger partial charge on any atom is 0.293 e. The third kappa shape index (κ3) is 2.45. The van der Waals surface area contributed by atoms with Gasteiger partial charge in [-0.25, -0.2) is 4.98 Å². The summed E-state index contributed by atoms with van der Waals surface area (Å²) < 4.78 is 10.8. The lowest BCUT2D eigenvalue weighted by Crippen LogP contribution is -2.11. The zero-order valence-electron chi connectivity index (χ0n) is 10.6. The van der Waals surface area contributed by atoms with Gasteiger partial charge in [-0.05, 0) is 37.1 Å². The Morgan fingerprint density at radius 3 is 2.63 bits per heavy atom. The lowest BCUT2D eigenvalue weighted by atomic mass is 10.1. The fraction of sp³-hybridized carbons (Fsp3) is 0.286. The molecule has 1 saturated carbocycles. The van der Waals surface area contributed by atoms with E-state index in [0.717, 1.165) is 24.2 Å². The van der Waals surface area contributed by atoms with Gasteiger partial charge in [-0.3, -0.25) is 4.79 Å². The van der Waals surface area contributed by atoms with Crippen molar-refractivity contribution >= 4 is 0 Å². The molecule has 0 bridgehead atoms. The first kappa shape index (κ1) is 11.8. The Morgan fingerprint density at radius 2 is 2.00 bits per heavy atom. The molecule has 1 fully saturated rings. The van der Waals surface area contributed by atoms with Crippen LogP contribution < -0.4 is 15.0 Å². The molecule has 0 unspecified atom stereocenters. The van der Waals surface area contributed by atoms with E-state index in [4.69, 9.17) is 9.47 Å². The van der Waals surface area contributed by atoms with E-state index in [2.05, 4.69) is 9.97 Å². The van der Waals surface area contributed by atoms with Gasteiger partial charge < -0.3 is 14.5 Å². The fourth-order valence-electron chi connectivity index (χ4n) is 1.85. The van der Waals surface area contributed by atoms with Gasteiger partial charge in [0, 0.05) is 5.56 Å². The highest BCUT2D eigenvalue weighted by Crippen LogP contribution is 2.29. The molecule has 1 aromatic carbocycles. The van der Waals surface area contributed by atoms with Gasteiger partial charge >= 0.3 is 0 Å². The summed E-state index contributed by atoms with van der Waals surface area (Å²) in [6, 6.07) is 7.52. The van der Waals surface area contributed by atoms with Crippen LogP contribution in [0, 0.1) is 0 Å². The molecule has 0 amide bonds. The summed E-state index contributed by atoms with van der Waals surface area (Å²) in [5.74, 6) is 1.06. The smallest absolute Gasteiger partial charge is 0.293 e. The van der Waals surface area contributed by atoms with Crippen LogP contribution >= 0.6 is 0 Å². The minimum absolute atomic E-state index is 0.221. The van der Waals surface area contributed by atoms with E-state index in [-0.39, 0.29) is 11.3 Å². The van der Waals surface area contributed by atoms with Gasteiger partial charge in [0.2, 0.25) is 5.75 Å². The number of hydrogen-bond donors (Lipinski definition) is 1. The van der Waals surface area contributed by atoms with E-state index in [1.807, 2.05) is 24.3 Å². The van der Waals surface area contributed by atoms with Crippen molar-refractivity contribution in [2.75, 3.05) is 7.11 Å². The van der Waals surface area contributed by atoms with Crippen LogP contribution in [0.15, 0.2) is 35.4 Å². The quantitative estimate of drug-likeness (QED) is 0.910. The molecule has 0 saturated heterocycles. The van der Waals surface area contributed by atoms with E-state index < -0.39 is 0 Å². The molecule has 5 heteroatoms. The van der Waals surface area contributed by atoms with Gasteiger partial charge in [-0.2, -0.15) is 0 Å². The summed E-state index contributed by atoms with van der Waals surface area (Å²) >= 11 is 0. The third-order valence-corrected chi connectivity index (χ3v) is 2.97. The number of methoxy groups -OCH3 is 1.